The Labute approximate surface area is 193 Å². The van der Waals surface area contributed by atoms with Crippen LogP contribution in [-0.2, 0) is 18.4 Å². The smallest absolute Gasteiger partial charge is 0.254 e. The number of halogens is 2. The van der Waals surface area contributed by atoms with Crippen molar-refractivity contribution in [3.05, 3.63) is 57.8 Å². The Morgan fingerprint density at radius 1 is 0.968 bits per heavy atom. The summed E-state index contributed by atoms with van der Waals surface area (Å²) >= 11 is 12.3. The first-order valence-corrected chi connectivity index (χ1v) is 11.8. The van der Waals surface area contributed by atoms with Crippen LogP contribution in [0.5, 0.6) is 0 Å². The number of amides is 2. The molecule has 0 bridgehead atoms. The lowest BCUT2D eigenvalue weighted by Crippen LogP contribution is -2.48. The molecular formula is C24H29Cl2N3O2. The van der Waals surface area contributed by atoms with E-state index in [1.54, 1.807) is 23.1 Å². The number of benzene rings is 1. The zero-order valence-corrected chi connectivity index (χ0v) is 19.4. The van der Waals surface area contributed by atoms with Gasteiger partial charge in [0.15, 0.2) is 0 Å². The number of hydrogen-bond donors (Lipinski definition) is 0. The molecular weight excluding hydrogens is 433 g/mol. The molecule has 2 aliphatic rings. The van der Waals surface area contributed by atoms with Crippen molar-refractivity contribution in [2.24, 2.45) is 7.05 Å². The predicted octanol–water partition coefficient (Wildman–Crippen LogP) is 5.30. The second-order valence-corrected chi connectivity index (χ2v) is 9.62. The van der Waals surface area contributed by atoms with E-state index in [0.717, 1.165) is 44.2 Å². The summed E-state index contributed by atoms with van der Waals surface area (Å²) in [6.45, 7) is 0.664. The first-order valence-electron chi connectivity index (χ1n) is 11.1. The molecule has 2 aliphatic carbocycles. The molecule has 2 fully saturated rings. The average molecular weight is 462 g/mol. The largest absolute Gasteiger partial charge is 0.353 e. The lowest BCUT2D eigenvalue weighted by Gasteiger charge is -2.35. The van der Waals surface area contributed by atoms with E-state index in [9.17, 15) is 9.59 Å². The van der Waals surface area contributed by atoms with Crippen LogP contribution < -0.4 is 0 Å². The van der Waals surface area contributed by atoms with Gasteiger partial charge in [0.2, 0.25) is 5.91 Å². The number of hydrogen-bond acceptors (Lipinski definition) is 2. The number of carbonyl (C=O) groups is 2. The third-order valence-electron chi connectivity index (χ3n) is 6.38. The minimum Gasteiger partial charge on any atom is -0.353 e. The molecule has 2 aromatic rings. The van der Waals surface area contributed by atoms with E-state index in [-0.39, 0.29) is 30.4 Å². The first kappa shape index (κ1) is 22.2. The van der Waals surface area contributed by atoms with E-state index in [4.69, 9.17) is 23.2 Å². The minimum atomic E-state index is -0.167. The van der Waals surface area contributed by atoms with Gasteiger partial charge in [0.25, 0.3) is 5.91 Å². The number of rotatable bonds is 7. The molecule has 0 aliphatic heterocycles. The summed E-state index contributed by atoms with van der Waals surface area (Å²) < 4.78 is 2.04. The van der Waals surface area contributed by atoms with Crippen LogP contribution in [0.15, 0.2) is 36.5 Å². The molecule has 166 valence electrons. The van der Waals surface area contributed by atoms with Crippen molar-refractivity contribution in [1.29, 1.82) is 0 Å². The summed E-state index contributed by atoms with van der Waals surface area (Å²) in [6.07, 6.45) is 9.23. The molecule has 5 nitrogen and oxygen atoms in total. The van der Waals surface area contributed by atoms with Crippen LogP contribution in [0.2, 0.25) is 10.0 Å². The van der Waals surface area contributed by atoms with Gasteiger partial charge in [-0.1, -0.05) is 42.5 Å². The third-order valence-corrected chi connectivity index (χ3v) is 6.82. The Kier molecular flexibility index (Phi) is 6.92. The highest BCUT2D eigenvalue weighted by Gasteiger charge is 2.36. The maximum atomic E-state index is 13.5. The Balaban J connectivity index is 1.56. The van der Waals surface area contributed by atoms with Gasteiger partial charge in [-0.2, -0.15) is 0 Å². The fourth-order valence-electron chi connectivity index (χ4n) is 4.48. The van der Waals surface area contributed by atoms with Gasteiger partial charge in [0.05, 0.1) is 6.54 Å². The average Bonchev–Trinajstić information content (AvgIpc) is 3.51. The van der Waals surface area contributed by atoms with Crippen LogP contribution >= 0.6 is 23.2 Å². The molecule has 4 rings (SSSR count). The molecule has 31 heavy (non-hydrogen) atoms. The zero-order chi connectivity index (χ0) is 22.0. The minimum absolute atomic E-state index is 0.00995. The van der Waals surface area contributed by atoms with Crippen molar-refractivity contribution >= 4 is 35.0 Å². The van der Waals surface area contributed by atoms with Crippen LogP contribution in [0.3, 0.4) is 0 Å². The molecule has 0 saturated heterocycles. The molecule has 0 radical (unpaired) electrons. The number of nitrogens with zero attached hydrogens (tertiary/aromatic N) is 3. The van der Waals surface area contributed by atoms with E-state index in [1.807, 2.05) is 34.8 Å². The summed E-state index contributed by atoms with van der Waals surface area (Å²) in [5.41, 5.74) is 1.54. The van der Waals surface area contributed by atoms with E-state index in [2.05, 4.69) is 0 Å². The van der Waals surface area contributed by atoms with E-state index < -0.39 is 0 Å². The lowest BCUT2D eigenvalue weighted by molar-refractivity contribution is -0.133. The quantitative estimate of drug-likeness (QED) is 0.561. The highest BCUT2D eigenvalue weighted by Crippen LogP contribution is 2.30. The highest BCUT2D eigenvalue weighted by atomic mass is 35.5. The number of carbonyl (C=O) groups excluding carboxylic acids is 2. The SMILES string of the molecule is Cn1cccc1CN(C(=O)CN(C(=O)c1cc(Cl)cc(Cl)c1)C1CCCCC1)C1CC1. The molecule has 1 aromatic heterocycles. The van der Waals surface area contributed by atoms with Crippen LogP contribution in [-0.4, -0.2) is 44.8 Å². The van der Waals surface area contributed by atoms with Crippen molar-refractivity contribution in [2.75, 3.05) is 6.54 Å². The van der Waals surface area contributed by atoms with Gasteiger partial charge in [0, 0.05) is 46.6 Å². The summed E-state index contributed by atoms with van der Waals surface area (Å²) in [6, 6.07) is 9.26. The Hall–Kier alpha value is -1.98. The molecule has 2 saturated carbocycles. The third kappa shape index (κ3) is 5.45. The molecule has 7 heteroatoms. The number of aromatic nitrogens is 1. The first-order chi connectivity index (χ1) is 14.9. The van der Waals surface area contributed by atoms with Gasteiger partial charge < -0.3 is 14.4 Å². The van der Waals surface area contributed by atoms with Gasteiger partial charge in [-0.25, -0.2) is 0 Å². The van der Waals surface area contributed by atoms with Crippen LogP contribution in [0.4, 0.5) is 0 Å². The van der Waals surface area contributed by atoms with Crippen LogP contribution in [0.1, 0.15) is 61.0 Å². The molecule has 0 spiro atoms. The summed E-state index contributed by atoms with van der Waals surface area (Å²) in [5.74, 6) is -0.157. The molecule has 0 atom stereocenters. The van der Waals surface area contributed by atoms with Gasteiger partial charge in [-0.15, -0.1) is 0 Å². The molecule has 0 N–H and O–H groups in total. The summed E-state index contributed by atoms with van der Waals surface area (Å²) in [4.78, 5) is 30.7. The van der Waals surface area contributed by atoms with Gasteiger partial charge in [0.1, 0.15) is 6.54 Å². The standard InChI is InChI=1S/C24H29Cl2N3O2/c1-27-11-5-8-22(27)15-28(21-9-10-21)23(30)16-29(20-6-3-2-4-7-20)24(31)17-12-18(25)14-19(26)13-17/h5,8,11-14,20-21H,2-4,6-7,9-10,15-16H2,1H3. The Morgan fingerprint density at radius 2 is 1.61 bits per heavy atom. The summed E-state index contributed by atoms with van der Waals surface area (Å²) in [7, 11) is 1.99. The van der Waals surface area contributed by atoms with Crippen molar-refractivity contribution in [3.8, 4) is 0 Å². The van der Waals surface area contributed by atoms with Gasteiger partial charge in [-0.05, 0) is 56.0 Å². The Bertz CT molecular complexity index is 928. The molecule has 2 amide bonds. The molecule has 1 heterocycles. The monoisotopic (exact) mass is 461 g/mol. The number of aryl methyl sites for hydroxylation is 1. The van der Waals surface area contributed by atoms with E-state index in [0.29, 0.717) is 22.2 Å². The fraction of sp³-hybridized carbons (Fsp3) is 0.500. The van der Waals surface area contributed by atoms with Gasteiger partial charge >= 0.3 is 0 Å². The van der Waals surface area contributed by atoms with Crippen molar-refractivity contribution in [2.45, 2.75) is 63.6 Å². The Morgan fingerprint density at radius 3 is 2.19 bits per heavy atom. The normalized spacial score (nSPS) is 16.9. The van der Waals surface area contributed by atoms with Crippen molar-refractivity contribution in [3.63, 3.8) is 0 Å². The maximum Gasteiger partial charge on any atom is 0.254 e. The topological polar surface area (TPSA) is 45.6 Å². The zero-order valence-electron chi connectivity index (χ0n) is 17.9. The lowest BCUT2D eigenvalue weighted by atomic mass is 9.93. The van der Waals surface area contributed by atoms with E-state index >= 15 is 0 Å². The molecule has 0 unspecified atom stereocenters. The van der Waals surface area contributed by atoms with Crippen molar-refractivity contribution < 1.29 is 9.59 Å². The van der Waals surface area contributed by atoms with Crippen molar-refractivity contribution in [1.82, 2.24) is 14.4 Å². The fourth-order valence-corrected chi connectivity index (χ4v) is 5.01. The maximum absolute atomic E-state index is 13.5. The van der Waals surface area contributed by atoms with Crippen LogP contribution in [0, 0.1) is 0 Å². The predicted molar refractivity (Wildman–Crippen MR) is 123 cm³/mol. The summed E-state index contributed by atoms with van der Waals surface area (Å²) in [5, 5.41) is 0.850. The second-order valence-electron chi connectivity index (χ2n) is 8.75. The van der Waals surface area contributed by atoms with E-state index in [1.165, 1.54) is 6.42 Å². The van der Waals surface area contributed by atoms with Crippen LogP contribution in [0.25, 0.3) is 0 Å². The highest BCUT2D eigenvalue weighted by molar-refractivity contribution is 6.35. The second kappa shape index (κ2) is 9.66. The van der Waals surface area contributed by atoms with Gasteiger partial charge in [-0.3, -0.25) is 9.59 Å². The molecule has 1 aromatic carbocycles.